The Labute approximate surface area is 79.3 Å². The zero-order valence-electron chi connectivity index (χ0n) is 6.18. The van der Waals surface area contributed by atoms with Crippen LogP contribution >= 0.6 is 22.6 Å². The summed E-state index contributed by atoms with van der Waals surface area (Å²) in [6.45, 7) is 0.612. The van der Waals surface area contributed by atoms with Crippen molar-refractivity contribution >= 4 is 32.4 Å². The summed E-state index contributed by atoms with van der Waals surface area (Å²) in [5.41, 5.74) is 0. The van der Waals surface area contributed by atoms with E-state index in [9.17, 15) is 9.59 Å². The van der Waals surface area contributed by atoms with E-state index < -0.39 is 0 Å². The maximum Gasteiger partial charge on any atom is 0.289 e. The lowest BCUT2D eigenvalue weighted by molar-refractivity contribution is -0.127. The zero-order valence-corrected chi connectivity index (χ0v) is 8.33. The van der Waals surface area contributed by atoms with Crippen molar-refractivity contribution < 1.29 is 9.59 Å². The van der Waals surface area contributed by atoms with Gasteiger partial charge in [0.25, 0.3) is 3.91 Å². The molecule has 1 fully saturated rings. The van der Waals surface area contributed by atoms with Crippen LogP contribution in [0.4, 0.5) is 4.79 Å². The molecule has 1 aliphatic heterocycles. The van der Waals surface area contributed by atoms with E-state index in [1.165, 1.54) is 4.90 Å². The number of hydrogen-bond donors (Lipinski definition) is 0. The van der Waals surface area contributed by atoms with E-state index in [1.54, 1.807) is 22.6 Å². The molecule has 0 N–H and O–H groups in total. The largest absolute Gasteiger partial charge is 0.289 e. The van der Waals surface area contributed by atoms with Gasteiger partial charge in [0, 0.05) is 35.6 Å². The van der Waals surface area contributed by atoms with E-state index in [0.29, 0.717) is 13.0 Å². The van der Waals surface area contributed by atoms with Crippen molar-refractivity contribution in [1.82, 2.24) is 4.90 Å². The monoisotopic (exact) mass is 267 g/mol. The topological polar surface area (TPSA) is 37.4 Å². The summed E-state index contributed by atoms with van der Waals surface area (Å²) in [4.78, 5) is 23.4. The van der Waals surface area contributed by atoms with Gasteiger partial charge in [0.1, 0.15) is 0 Å². The molecule has 0 aromatic heterocycles. The molecule has 0 atom stereocenters. The van der Waals surface area contributed by atoms with Crippen molar-refractivity contribution in [3.8, 4) is 0 Å². The first-order valence-corrected chi connectivity index (χ1v) is 4.79. The molecule has 3 nitrogen and oxygen atoms in total. The SMILES string of the molecule is O=C(I)N1CCCCCC1=O. The van der Waals surface area contributed by atoms with Crippen LogP contribution in [0.2, 0.25) is 0 Å². The van der Waals surface area contributed by atoms with Crippen molar-refractivity contribution in [1.29, 1.82) is 0 Å². The van der Waals surface area contributed by atoms with Gasteiger partial charge in [0.05, 0.1) is 0 Å². The molecule has 0 radical (unpaired) electrons. The minimum absolute atomic E-state index is 0.0121. The van der Waals surface area contributed by atoms with Crippen LogP contribution in [0.25, 0.3) is 0 Å². The van der Waals surface area contributed by atoms with Crippen LogP contribution in [0.15, 0.2) is 0 Å². The number of rotatable bonds is 0. The lowest BCUT2D eigenvalue weighted by Gasteiger charge is -2.13. The maximum atomic E-state index is 11.2. The summed E-state index contributed by atoms with van der Waals surface area (Å²) in [5, 5.41) is 0. The van der Waals surface area contributed by atoms with Crippen molar-refractivity contribution in [3.05, 3.63) is 0 Å². The van der Waals surface area contributed by atoms with Crippen LogP contribution < -0.4 is 0 Å². The Balaban J connectivity index is 2.59. The Morgan fingerprint density at radius 2 is 2.09 bits per heavy atom. The first-order valence-electron chi connectivity index (χ1n) is 3.71. The summed E-state index contributed by atoms with van der Waals surface area (Å²) in [6, 6.07) is 0. The van der Waals surface area contributed by atoms with Crippen molar-refractivity contribution in [3.63, 3.8) is 0 Å². The lowest BCUT2D eigenvalue weighted by Crippen LogP contribution is -2.31. The molecule has 4 heteroatoms. The summed E-state index contributed by atoms with van der Waals surface area (Å²) >= 11 is 1.66. The Hall–Kier alpha value is -0.130. The van der Waals surface area contributed by atoms with Gasteiger partial charge in [-0.3, -0.25) is 14.5 Å². The Bertz CT molecular complexity index is 181. The molecule has 1 saturated heterocycles. The second kappa shape index (κ2) is 4.04. The molecule has 0 bridgehead atoms. The van der Waals surface area contributed by atoms with E-state index in [4.69, 9.17) is 0 Å². The molecular formula is C7H10INO2. The second-order valence-corrected chi connectivity index (χ2v) is 3.53. The van der Waals surface area contributed by atoms with E-state index in [1.807, 2.05) is 0 Å². The zero-order chi connectivity index (χ0) is 8.27. The third kappa shape index (κ3) is 2.43. The molecule has 62 valence electrons. The average molecular weight is 267 g/mol. The third-order valence-electron chi connectivity index (χ3n) is 1.79. The summed E-state index contributed by atoms with van der Waals surface area (Å²) in [5.74, 6) is -0.0121. The Morgan fingerprint density at radius 1 is 1.36 bits per heavy atom. The molecular weight excluding hydrogens is 257 g/mol. The Morgan fingerprint density at radius 3 is 2.73 bits per heavy atom. The fourth-order valence-corrected chi connectivity index (χ4v) is 1.68. The molecule has 0 saturated carbocycles. The van der Waals surface area contributed by atoms with Crippen LogP contribution in [-0.4, -0.2) is 21.3 Å². The van der Waals surface area contributed by atoms with Gasteiger partial charge < -0.3 is 0 Å². The molecule has 0 aromatic carbocycles. The molecule has 0 aromatic rings. The quantitative estimate of drug-likeness (QED) is 0.382. The normalized spacial score (nSPS) is 19.7. The van der Waals surface area contributed by atoms with Crippen LogP contribution in [-0.2, 0) is 4.79 Å². The highest BCUT2D eigenvalue weighted by atomic mass is 127. The van der Waals surface area contributed by atoms with Crippen molar-refractivity contribution in [2.24, 2.45) is 0 Å². The predicted molar refractivity (Wildman–Crippen MR) is 49.6 cm³/mol. The molecule has 11 heavy (non-hydrogen) atoms. The second-order valence-electron chi connectivity index (χ2n) is 2.61. The Kier molecular flexibility index (Phi) is 3.29. The molecule has 1 rings (SSSR count). The molecule has 1 aliphatic rings. The first-order chi connectivity index (χ1) is 5.22. The van der Waals surface area contributed by atoms with Gasteiger partial charge in [-0.2, -0.15) is 0 Å². The van der Waals surface area contributed by atoms with Gasteiger partial charge in [-0.25, -0.2) is 0 Å². The van der Waals surface area contributed by atoms with Crippen molar-refractivity contribution in [2.75, 3.05) is 6.54 Å². The summed E-state index contributed by atoms with van der Waals surface area (Å²) in [6.07, 6.45) is 3.49. The summed E-state index contributed by atoms with van der Waals surface area (Å²) < 4.78 is -0.144. The van der Waals surface area contributed by atoms with Gasteiger partial charge in [0.2, 0.25) is 5.91 Å². The highest BCUT2D eigenvalue weighted by Gasteiger charge is 2.20. The van der Waals surface area contributed by atoms with Crippen LogP contribution in [0.3, 0.4) is 0 Å². The highest BCUT2D eigenvalue weighted by molar-refractivity contribution is 14.1. The van der Waals surface area contributed by atoms with Gasteiger partial charge in [-0.15, -0.1) is 0 Å². The van der Waals surface area contributed by atoms with Crippen molar-refractivity contribution in [2.45, 2.75) is 25.7 Å². The first kappa shape index (κ1) is 8.96. The number of nitrogens with zero attached hydrogens (tertiary/aromatic N) is 1. The molecule has 0 aliphatic carbocycles. The van der Waals surface area contributed by atoms with Gasteiger partial charge >= 0.3 is 0 Å². The standard InChI is InChI=1S/C7H10INO2/c8-7(11)9-5-3-1-2-4-6(9)10/h1-5H2. The van der Waals surface area contributed by atoms with E-state index in [-0.39, 0.29) is 9.82 Å². The van der Waals surface area contributed by atoms with Crippen LogP contribution in [0.1, 0.15) is 25.7 Å². The predicted octanol–water partition coefficient (Wildman–Crippen LogP) is 1.94. The minimum atomic E-state index is -0.144. The van der Waals surface area contributed by atoms with E-state index >= 15 is 0 Å². The maximum absolute atomic E-state index is 11.2. The molecule has 0 spiro atoms. The van der Waals surface area contributed by atoms with Crippen LogP contribution in [0, 0.1) is 0 Å². The number of carbonyl (C=O) groups excluding carboxylic acids is 2. The molecule has 1 heterocycles. The average Bonchev–Trinajstić information content (AvgIpc) is 2.13. The number of likely N-dealkylation sites (tertiary alicyclic amines) is 1. The fraction of sp³-hybridized carbons (Fsp3) is 0.714. The van der Waals surface area contributed by atoms with Gasteiger partial charge in [-0.05, 0) is 12.8 Å². The number of hydrogen-bond acceptors (Lipinski definition) is 2. The number of halogens is 1. The number of amides is 2. The third-order valence-corrected chi connectivity index (χ3v) is 2.37. The smallest absolute Gasteiger partial charge is 0.274 e. The molecule has 2 amide bonds. The molecule has 0 unspecified atom stereocenters. The number of imide groups is 1. The number of carbonyl (C=O) groups is 2. The van der Waals surface area contributed by atoms with E-state index in [2.05, 4.69) is 0 Å². The minimum Gasteiger partial charge on any atom is -0.274 e. The van der Waals surface area contributed by atoms with Gasteiger partial charge in [-0.1, -0.05) is 6.42 Å². The lowest BCUT2D eigenvalue weighted by atomic mass is 10.2. The highest BCUT2D eigenvalue weighted by Crippen LogP contribution is 2.13. The van der Waals surface area contributed by atoms with Crippen LogP contribution in [0.5, 0.6) is 0 Å². The summed E-state index contributed by atoms with van der Waals surface area (Å²) in [7, 11) is 0. The van der Waals surface area contributed by atoms with Gasteiger partial charge in [0.15, 0.2) is 0 Å². The fourth-order valence-electron chi connectivity index (χ4n) is 1.17. The van der Waals surface area contributed by atoms with E-state index in [0.717, 1.165) is 19.3 Å².